The molecule has 0 aliphatic rings. The Labute approximate surface area is 159 Å². The molecule has 2 aromatic carbocycles. The van der Waals surface area contributed by atoms with Gasteiger partial charge in [0.1, 0.15) is 18.1 Å². The maximum atomic E-state index is 12.0. The molecule has 0 spiro atoms. The van der Waals surface area contributed by atoms with Crippen LogP contribution < -0.4 is 14.8 Å². The first-order valence-electron chi connectivity index (χ1n) is 8.62. The Morgan fingerprint density at radius 3 is 2.46 bits per heavy atom. The number of nitrogens with zero attached hydrogens (tertiary/aromatic N) is 1. The summed E-state index contributed by atoms with van der Waals surface area (Å²) in [5, 5.41) is 3.56. The van der Waals surface area contributed by atoms with Gasteiger partial charge < -0.3 is 14.8 Å². The van der Waals surface area contributed by atoms with Crippen LogP contribution in [0.25, 0.3) is 0 Å². The topological polar surface area (TPSA) is 50.8 Å². The van der Waals surface area contributed by atoms with E-state index in [1.54, 1.807) is 0 Å². The number of carbonyl (C=O) groups is 1. The predicted octanol–water partition coefficient (Wildman–Crippen LogP) is 3.37. The van der Waals surface area contributed by atoms with Crippen LogP contribution in [0, 0.1) is 0 Å². The van der Waals surface area contributed by atoms with E-state index in [1.165, 1.54) is 0 Å². The van der Waals surface area contributed by atoms with Gasteiger partial charge in [-0.25, -0.2) is 0 Å². The average molecular weight is 377 g/mol. The maximum Gasteiger partial charge on any atom is 0.234 e. The largest absolute Gasteiger partial charge is 0.494 e. The molecule has 0 atom stereocenters. The lowest BCUT2D eigenvalue weighted by molar-refractivity contribution is -0.122. The summed E-state index contributed by atoms with van der Waals surface area (Å²) in [6.07, 6.45) is 0. The molecule has 2 aromatic rings. The minimum absolute atomic E-state index is 0.0372. The van der Waals surface area contributed by atoms with Crippen molar-refractivity contribution in [2.45, 2.75) is 13.5 Å². The van der Waals surface area contributed by atoms with Crippen molar-refractivity contribution in [3.63, 3.8) is 0 Å². The molecule has 5 nitrogen and oxygen atoms in total. The average Bonchev–Trinajstić information content (AvgIpc) is 2.60. The van der Waals surface area contributed by atoms with Crippen LogP contribution in [0.2, 0.25) is 5.02 Å². The highest BCUT2D eigenvalue weighted by atomic mass is 35.5. The van der Waals surface area contributed by atoms with Gasteiger partial charge in [-0.2, -0.15) is 0 Å². The van der Waals surface area contributed by atoms with Crippen molar-refractivity contribution in [3.05, 3.63) is 59.1 Å². The molecule has 0 fully saturated rings. The third-order valence-electron chi connectivity index (χ3n) is 3.58. The highest BCUT2D eigenvalue weighted by Crippen LogP contribution is 2.17. The van der Waals surface area contributed by atoms with Crippen LogP contribution in [0.15, 0.2) is 48.5 Å². The fourth-order valence-electron chi connectivity index (χ4n) is 2.46. The zero-order chi connectivity index (χ0) is 18.8. The number of likely N-dealkylation sites (N-methyl/N-ethyl adjacent to an activating group) is 1. The second-order valence-corrected chi connectivity index (χ2v) is 6.34. The van der Waals surface area contributed by atoms with Gasteiger partial charge in [0.2, 0.25) is 5.91 Å². The smallest absolute Gasteiger partial charge is 0.234 e. The maximum absolute atomic E-state index is 12.0. The van der Waals surface area contributed by atoms with Gasteiger partial charge in [-0.05, 0) is 55.9 Å². The quantitative estimate of drug-likeness (QED) is 0.646. The first-order chi connectivity index (χ1) is 12.6. The van der Waals surface area contributed by atoms with Crippen LogP contribution >= 0.6 is 11.6 Å². The van der Waals surface area contributed by atoms with Crippen molar-refractivity contribution >= 4 is 17.5 Å². The molecule has 0 aliphatic heterocycles. The molecular weight excluding hydrogens is 352 g/mol. The van der Waals surface area contributed by atoms with E-state index in [1.807, 2.05) is 67.4 Å². The molecular formula is C20H25ClN2O3. The summed E-state index contributed by atoms with van der Waals surface area (Å²) in [5.41, 5.74) is 1.08. The Kier molecular flexibility index (Phi) is 8.25. The first kappa shape index (κ1) is 20.1. The van der Waals surface area contributed by atoms with Gasteiger partial charge in [0.15, 0.2) is 0 Å². The third-order valence-corrected chi connectivity index (χ3v) is 3.82. The minimum atomic E-state index is -0.0372. The Morgan fingerprint density at radius 1 is 1.12 bits per heavy atom. The van der Waals surface area contributed by atoms with Gasteiger partial charge in [-0.1, -0.05) is 23.7 Å². The van der Waals surface area contributed by atoms with Gasteiger partial charge in [0.25, 0.3) is 0 Å². The summed E-state index contributed by atoms with van der Waals surface area (Å²) in [7, 11) is 1.90. The normalized spacial score (nSPS) is 10.6. The summed E-state index contributed by atoms with van der Waals surface area (Å²) in [6.45, 7) is 4.43. The van der Waals surface area contributed by atoms with E-state index in [4.69, 9.17) is 21.1 Å². The number of hydrogen-bond acceptors (Lipinski definition) is 4. The second kappa shape index (κ2) is 10.7. The van der Waals surface area contributed by atoms with Crippen molar-refractivity contribution in [1.82, 2.24) is 10.2 Å². The molecule has 26 heavy (non-hydrogen) atoms. The van der Waals surface area contributed by atoms with Gasteiger partial charge in [0.05, 0.1) is 19.7 Å². The number of amides is 1. The van der Waals surface area contributed by atoms with Crippen LogP contribution in [-0.4, -0.2) is 44.2 Å². The van der Waals surface area contributed by atoms with Crippen molar-refractivity contribution in [2.75, 3.05) is 33.4 Å². The number of carbonyl (C=O) groups excluding carboxylic acids is 1. The molecule has 0 heterocycles. The van der Waals surface area contributed by atoms with Crippen molar-refractivity contribution in [1.29, 1.82) is 0 Å². The fourth-order valence-corrected chi connectivity index (χ4v) is 2.67. The molecule has 0 unspecified atom stereocenters. The lowest BCUT2D eigenvalue weighted by Crippen LogP contribution is -2.36. The third kappa shape index (κ3) is 7.33. The van der Waals surface area contributed by atoms with E-state index in [0.29, 0.717) is 37.9 Å². The summed E-state index contributed by atoms with van der Waals surface area (Å²) >= 11 is 5.97. The van der Waals surface area contributed by atoms with E-state index >= 15 is 0 Å². The van der Waals surface area contributed by atoms with Gasteiger partial charge in [-0.15, -0.1) is 0 Å². The van der Waals surface area contributed by atoms with E-state index in [0.717, 1.165) is 17.1 Å². The molecule has 6 heteroatoms. The monoisotopic (exact) mass is 376 g/mol. The number of rotatable bonds is 10. The molecule has 1 amide bonds. The van der Waals surface area contributed by atoms with Crippen molar-refractivity contribution in [3.8, 4) is 11.5 Å². The molecule has 0 saturated heterocycles. The number of nitrogens with one attached hydrogen (secondary N) is 1. The molecule has 1 N–H and O–H groups in total. The van der Waals surface area contributed by atoms with E-state index < -0.39 is 0 Å². The Bertz CT molecular complexity index is 692. The number of hydrogen-bond donors (Lipinski definition) is 1. The van der Waals surface area contributed by atoms with E-state index in [-0.39, 0.29) is 5.91 Å². The summed E-state index contributed by atoms with van der Waals surface area (Å²) in [6, 6.07) is 15.1. The molecule has 0 aromatic heterocycles. The standard InChI is InChI=1S/C20H25ClN2O3/c1-3-25-18-7-9-19(10-8-18)26-12-11-22-20(24)15-23(2)14-16-5-4-6-17(21)13-16/h4-10,13H,3,11-12,14-15H2,1-2H3,(H,22,24). The van der Waals surface area contributed by atoms with Crippen molar-refractivity contribution < 1.29 is 14.3 Å². The lowest BCUT2D eigenvalue weighted by atomic mass is 10.2. The molecule has 0 radical (unpaired) electrons. The Hall–Kier alpha value is -2.24. The second-order valence-electron chi connectivity index (χ2n) is 5.91. The highest BCUT2D eigenvalue weighted by Gasteiger charge is 2.07. The Balaban J connectivity index is 1.63. The number of ether oxygens (including phenoxy) is 2. The molecule has 0 aliphatic carbocycles. The molecule has 2 rings (SSSR count). The highest BCUT2D eigenvalue weighted by molar-refractivity contribution is 6.30. The molecule has 0 saturated carbocycles. The zero-order valence-electron chi connectivity index (χ0n) is 15.2. The first-order valence-corrected chi connectivity index (χ1v) is 9.00. The summed E-state index contributed by atoms with van der Waals surface area (Å²) in [4.78, 5) is 13.9. The van der Waals surface area contributed by atoms with Gasteiger partial charge in [-0.3, -0.25) is 9.69 Å². The van der Waals surface area contributed by atoms with Crippen LogP contribution in [0.1, 0.15) is 12.5 Å². The zero-order valence-corrected chi connectivity index (χ0v) is 16.0. The van der Waals surface area contributed by atoms with Crippen LogP contribution in [0.3, 0.4) is 0 Å². The van der Waals surface area contributed by atoms with Crippen LogP contribution in [0.5, 0.6) is 11.5 Å². The molecule has 0 bridgehead atoms. The van der Waals surface area contributed by atoms with Crippen LogP contribution in [-0.2, 0) is 11.3 Å². The SMILES string of the molecule is CCOc1ccc(OCCNC(=O)CN(C)Cc2cccc(Cl)c2)cc1. The number of halogens is 1. The lowest BCUT2D eigenvalue weighted by Gasteiger charge is -2.16. The van der Waals surface area contributed by atoms with E-state index in [2.05, 4.69) is 5.32 Å². The fraction of sp³-hybridized carbons (Fsp3) is 0.350. The Morgan fingerprint density at radius 2 is 1.81 bits per heavy atom. The van der Waals surface area contributed by atoms with E-state index in [9.17, 15) is 4.79 Å². The van der Waals surface area contributed by atoms with Crippen molar-refractivity contribution in [2.24, 2.45) is 0 Å². The van der Waals surface area contributed by atoms with Gasteiger partial charge in [0, 0.05) is 11.6 Å². The number of benzene rings is 2. The minimum Gasteiger partial charge on any atom is -0.494 e. The summed E-state index contributed by atoms with van der Waals surface area (Å²) in [5.74, 6) is 1.53. The predicted molar refractivity (Wildman–Crippen MR) is 104 cm³/mol. The summed E-state index contributed by atoms with van der Waals surface area (Å²) < 4.78 is 11.0. The molecule has 140 valence electrons. The van der Waals surface area contributed by atoms with Gasteiger partial charge >= 0.3 is 0 Å². The van der Waals surface area contributed by atoms with Crippen LogP contribution in [0.4, 0.5) is 0 Å².